The normalized spacial score (nSPS) is 19.8. The van der Waals surface area contributed by atoms with Crippen LogP contribution in [0.2, 0.25) is 0 Å². The van der Waals surface area contributed by atoms with Crippen LogP contribution in [0.25, 0.3) is 0 Å². The topological polar surface area (TPSA) is 57.6 Å². The number of fused-ring (bicyclic) bond motifs is 1. The second kappa shape index (κ2) is 7.09. The Balaban J connectivity index is 2.14. The Labute approximate surface area is 148 Å². The van der Waals surface area contributed by atoms with Crippen LogP contribution in [0.15, 0.2) is 54.6 Å². The molecule has 2 aromatic rings. The largest absolute Gasteiger partial charge is 0.481 e. The maximum absolute atomic E-state index is 13.1. The Morgan fingerprint density at radius 3 is 2.36 bits per heavy atom. The van der Waals surface area contributed by atoms with E-state index in [2.05, 4.69) is 13.8 Å². The molecule has 1 amide bonds. The van der Waals surface area contributed by atoms with Crippen LogP contribution >= 0.6 is 0 Å². The van der Waals surface area contributed by atoms with Gasteiger partial charge in [-0.1, -0.05) is 62.4 Å². The highest BCUT2D eigenvalue weighted by Crippen LogP contribution is 2.42. The molecule has 1 N–H and O–H groups in total. The predicted octanol–water partition coefficient (Wildman–Crippen LogP) is 4.10. The molecule has 0 radical (unpaired) electrons. The molecule has 0 bridgehead atoms. The van der Waals surface area contributed by atoms with Crippen LogP contribution in [-0.4, -0.2) is 28.4 Å². The molecule has 1 heterocycles. The molecule has 0 saturated carbocycles. The molecule has 130 valence electrons. The van der Waals surface area contributed by atoms with Crippen LogP contribution < -0.4 is 0 Å². The monoisotopic (exact) mass is 337 g/mol. The number of rotatable bonds is 5. The Kier molecular flexibility index (Phi) is 4.88. The molecule has 2 atom stereocenters. The fourth-order valence-corrected chi connectivity index (χ4v) is 3.52. The molecule has 25 heavy (non-hydrogen) atoms. The molecule has 0 spiro atoms. The van der Waals surface area contributed by atoms with E-state index < -0.39 is 17.9 Å². The zero-order valence-corrected chi connectivity index (χ0v) is 14.6. The summed E-state index contributed by atoms with van der Waals surface area (Å²) in [5, 5.41) is 9.96. The Bertz CT molecular complexity index is 770. The van der Waals surface area contributed by atoms with Crippen molar-refractivity contribution in [1.29, 1.82) is 0 Å². The molecule has 2 unspecified atom stereocenters. The number of benzene rings is 2. The third kappa shape index (κ3) is 3.29. The first-order valence-electron chi connectivity index (χ1n) is 8.68. The fourth-order valence-electron chi connectivity index (χ4n) is 3.52. The molecule has 0 saturated heterocycles. The second-order valence-electron chi connectivity index (χ2n) is 6.94. The fraction of sp³-hybridized carbons (Fsp3) is 0.333. The number of carboxylic acids is 1. The number of aliphatic carboxylic acids is 1. The number of carboxylic acid groups (broad SMARTS) is 1. The van der Waals surface area contributed by atoms with Crippen molar-refractivity contribution in [1.82, 2.24) is 4.90 Å². The van der Waals surface area contributed by atoms with Crippen LogP contribution in [0.4, 0.5) is 0 Å². The Morgan fingerprint density at radius 1 is 1.08 bits per heavy atom. The summed E-state index contributed by atoms with van der Waals surface area (Å²) >= 11 is 0. The van der Waals surface area contributed by atoms with Crippen LogP contribution in [-0.2, 0) is 4.79 Å². The number of nitrogens with zero attached hydrogens (tertiary/aromatic N) is 1. The van der Waals surface area contributed by atoms with Crippen LogP contribution in [0.3, 0.4) is 0 Å². The van der Waals surface area contributed by atoms with Crippen LogP contribution in [0.1, 0.15) is 53.7 Å². The molecular formula is C21H23NO3. The van der Waals surface area contributed by atoms with Gasteiger partial charge in [-0.15, -0.1) is 0 Å². The second-order valence-corrected chi connectivity index (χ2v) is 6.94. The van der Waals surface area contributed by atoms with Crippen molar-refractivity contribution in [2.45, 2.75) is 32.2 Å². The summed E-state index contributed by atoms with van der Waals surface area (Å²) in [4.78, 5) is 27.0. The lowest BCUT2D eigenvalue weighted by Crippen LogP contribution is -2.45. The maximum Gasteiger partial charge on any atom is 0.313 e. The molecule has 4 heteroatoms. The van der Waals surface area contributed by atoms with Gasteiger partial charge in [-0.3, -0.25) is 9.59 Å². The van der Waals surface area contributed by atoms with Crippen molar-refractivity contribution in [3.8, 4) is 0 Å². The first-order chi connectivity index (χ1) is 12.0. The minimum atomic E-state index is -0.900. The molecular weight excluding hydrogens is 314 g/mol. The first kappa shape index (κ1) is 17.2. The van der Waals surface area contributed by atoms with Gasteiger partial charge in [0.2, 0.25) is 0 Å². The van der Waals surface area contributed by atoms with Gasteiger partial charge in [-0.25, -0.2) is 0 Å². The maximum atomic E-state index is 13.1. The zero-order valence-electron chi connectivity index (χ0n) is 14.6. The number of amides is 1. The zero-order chi connectivity index (χ0) is 18.0. The predicted molar refractivity (Wildman–Crippen MR) is 96.5 cm³/mol. The highest BCUT2D eigenvalue weighted by Gasteiger charge is 2.43. The van der Waals surface area contributed by atoms with Gasteiger partial charge < -0.3 is 10.0 Å². The van der Waals surface area contributed by atoms with Gasteiger partial charge in [0.25, 0.3) is 5.91 Å². The molecule has 0 fully saturated rings. The highest BCUT2D eigenvalue weighted by molar-refractivity contribution is 6.00. The number of carbonyl (C=O) groups excluding carboxylic acids is 1. The summed E-state index contributed by atoms with van der Waals surface area (Å²) in [6, 6.07) is 16.1. The molecule has 1 aliphatic rings. The van der Waals surface area contributed by atoms with E-state index in [0.717, 1.165) is 12.0 Å². The van der Waals surface area contributed by atoms with Gasteiger partial charge >= 0.3 is 5.97 Å². The van der Waals surface area contributed by atoms with Crippen molar-refractivity contribution in [3.05, 3.63) is 71.3 Å². The number of hydrogen-bond acceptors (Lipinski definition) is 2. The van der Waals surface area contributed by atoms with E-state index in [9.17, 15) is 14.7 Å². The quantitative estimate of drug-likeness (QED) is 0.894. The molecule has 0 aliphatic carbocycles. The van der Waals surface area contributed by atoms with Crippen molar-refractivity contribution in [2.75, 3.05) is 6.54 Å². The Hall–Kier alpha value is -2.62. The summed E-state index contributed by atoms with van der Waals surface area (Å²) in [7, 11) is 0. The first-order valence-corrected chi connectivity index (χ1v) is 8.68. The third-order valence-corrected chi connectivity index (χ3v) is 4.79. The van der Waals surface area contributed by atoms with E-state index in [0.29, 0.717) is 23.6 Å². The minimum Gasteiger partial charge on any atom is -0.481 e. The highest BCUT2D eigenvalue weighted by atomic mass is 16.4. The average Bonchev–Trinajstić information content (AvgIpc) is 2.61. The number of carbonyl (C=O) groups is 2. The van der Waals surface area contributed by atoms with E-state index in [-0.39, 0.29) is 5.91 Å². The van der Waals surface area contributed by atoms with E-state index in [1.54, 1.807) is 29.2 Å². The smallest absolute Gasteiger partial charge is 0.313 e. The van der Waals surface area contributed by atoms with Gasteiger partial charge in [-0.2, -0.15) is 0 Å². The van der Waals surface area contributed by atoms with Crippen molar-refractivity contribution < 1.29 is 14.7 Å². The molecule has 1 aliphatic heterocycles. The molecule has 3 rings (SSSR count). The molecule has 2 aromatic carbocycles. The summed E-state index contributed by atoms with van der Waals surface area (Å²) in [6.45, 7) is 4.76. The van der Waals surface area contributed by atoms with Gasteiger partial charge in [0.1, 0.15) is 5.92 Å². The van der Waals surface area contributed by atoms with Crippen molar-refractivity contribution in [3.63, 3.8) is 0 Å². The summed E-state index contributed by atoms with van der Waals surface area (Å²) in [6.07, 6.45) is 0.837. The number of hydrogen-bond donors (Lipinski definition) is 1. The van der Waals surface area contributed by atoms with E-state index in [1.165, 1.54) is 0 Å². The van der Waals surface area contributed by atoms with Crippen LogP contribution in [0.5, 0.6) is 0 Å². The summed E-state index contributed by atoms with van der Waals surface area (Å²) in [5.74, 6) is -1.31. The summed E-state index contributed by atoms with van der Waals surface area (Å²) < 4.78 is 0. The molecule has 0 aromatic heterocycles. The molecule has 4 nitrogen and oxygen atoms in total. The third-order valence-electron chi connectivity index (χ3n) is 4.79. The SMILES string of the molecule is CC(C)CCN1C(=O)c2ccccc2C(C(=O)O)C1c1ccccc1. The minimum absolute atomic E-state index is 0.0809. The van der Waals surface area contributed by atoms with Gasteiger partial charge in [0.15, 0.2) is 0 Å². The van der Waals surface area contributed by atoms with Gasteiger partial charge in [0.05, 0.1) is 6.04 Å². The average molecular weight is 337 g/mol. The lowest BCUT2D eigenvalue weighted by molar-refractivity contribution is -0.140. The van der Waals surface area contributed by atoms with Crippen molar-refractivity contribution >= 4 is 11.9 Å². The standard InChI is InChI=1S/C21H23NO3/c1-14(2)12-13-22-19(15-8-4-3-5-9-15)18(21(24)25)16-10-6-7-11-17(16)20(22)23/h3-11,14,18-19H,12-13H2,1-2H3,(H,24,25). The van der Waals surface area contributed by atoms with E-state index in [1.807, 2.05) is 30.3 Å². The lowest BCUT2D eigenvalue weighted by Gasteiger charge is -2.41. The van der Waals surface area contributed by atoms with E-state index >= 15 is 0 Å². The van der Waals surface area contributed by atoms with Gasteiger partial charge in [-0.05, 0) is 29.5 Å². The summed E-state index contributed by atoms with van der Waals surface area (Å²) in [5.41, 5.74) is 1.97. The van der Waals surface area contributed by atoms with Crippen LogP contribution in [0, 0.1) is 5.92 Å². The van der Waals surface area contributed by atoms with E-state index in [4.69, 9.17) is 0 Å². The van der Waals surface area contributed by atoms with Crippen molar-refractivity contribution in [2.24, 2.45) is 5.92 Å². The van der Waals surface area contributed by atoms with Gasteiger partial charge in [0, 0.05) is 12.1 Å². The lowest BCUT2D eigenvalue weighted by atomic mass is 9.79. The Morgan fingerprint density at radius 2 is 1.72 bits per heavy atom.